The topological polar surface area (TPSA) is 101 Å². The minimum atomic E-state index is -0.705. The molecule has 1 atom stereocenters. The molecule has 1 unspecified atom stereocenters. The number of nitrogens with one attached hydrogen (secondary N) is 1. The lowest BCUT2D eigenvalue weighted by atomic mass is 10.1. The maximum absolute atomic E-state index is 12.1. The van der Waals surface area contributed by atoms with Gasteiger partial charge in [0.2, 0.25) is 0 Å². The Kier molecular flexibility index (Phi) is 4.05. The molecule has 2 aromatic rings. The van der Waals surface area contributed by atoms with Gasteiger partial charge in [0.05, 0.1) is 5.56 Å². The zero-order valence-corrected chi connectivity index (χ0v) is 10.9. The molecule has 6 nitrogen and oxygen atoms in total. The first kappa shape index (κ1) is 13.7. The van der Waals surface area contributed by atoms with Crippen LogP contribution in [0.5, 0.6) is 0 Å². The van der Waals surface area contributed by atoms with E-state index in [1.54, 1.807) is 37.3 Å². The van der Waals surface area contributed by atoms with Crippen molar-refractivity contribution in [1.29, 1.82) is 0 Å². The number of rotatable bonds is 4. The number of carbonyl (C=O) groups is 1. The van der Waals surface area contributed by atoms with Crippen molar-refractivity contribution < 1.29 is 14.4 Å². The van der Waals surface area contributed by atoms with Crippen LogP contribution in [0.2, 0.25) is 0 Å². The van der Waals surface area contributed by atoms with Gasteiger partial charge in [-0.05, 0) is 18.6 Å². The molecule has 6 heteroatoms. The second-order valence-electron chi connectivity index (χ2n) is 4.29. The summed E-state index contributed by atoms with van der Waals surface area (Å²) in [5.74, 6) is 0.183. The summed E-state index contributed by atoms with van der Waals surface area (Å²) in [7, 11) is 0. The maximum Gasteiger partial charge on any atom is 0.255 e. The van der Waals surface area contributed by atoms with Crippen molar-refractivity contribution >= 4 is 11.7 Å². The molecule has 0 aliphatic rings. The molecule has 1 aromatic carbocycles. The normalized spacial score (nSPS) is 12.9. The van der Waals surface area contributed by atoms with Gasteiger partial charge in [-0.15, -0.1) is 0 Å². The molecule has 0 saturated heterocycles. The largest absolute Gasteiger partial charge is 0.469 e. The van der Waals surface area contributed by atoms with Crippen LogP contribution in [0, 0.1) is 6.92 Å². The van der Waals surface area contributed by atoms with E-state index in [1.807, 2.05) is 6.07 Å². The lowest BCUT2D eigenvalue weighted by Gasteiger charge is -2.17. The van der Waals surface area contributed by atoms with Gasteiger partial charge in [0.1, 0.15) is 18.1 Å². The van der Waals surface area contributed by atoms with E-state index in [-0.39, 0.29) is 11.7 Å². The third-order valence-corrected chi connectivity index (χ3v) is 2.81. The third kappa shape index (κ3) is 2.97. The Morgan fingerprint density at radius 3 is 2.65 bits per heavy atom. The molecule has 1 aromatic heterocycles. The number of hydrogen-bond donors (Lipinski definition) is 3. The number of hydrogen-bond acceptors (Lipinski definition) is 4. The van der Waals surface area contributed by atoms with Crippen LogP contribution in [-0.4, -0.2) is 17.0 Å². The van der Waals surface area contributed by atoms with Crippen LogP contribution in [-0.2, 0) is 0 Å². The summed E-state index contributed by atoms with van der Waals surface area (Å²) in [5, 5.41) is 14.5. The van der Waals surface area contributed by atoms with Crippen molar-refractivity contribution in [3.05, 3.63) is 59.5 Å². The van der Waals surface area contributed by atoms with Gasteiger partial charge < -0.3 is 20.7 Å². The summed E-state index contributed by atoms with van der Waals surface area (Å²) >= 11 is 0. The highest BCUT2D eigenvalue weighted by Crippen LogP contribution is 2.14. The molecular formula is C14H15N3O3. The Hall–Kier alpha value is -2.76. The Bertz CT molecular complexity index is 620. The molecule has 20 heavy (non-hydrogen) atoms. The van der Waals surface area contributed by atoms with Crippen molar-refractivity contribution in [1.82, 2.24) is 5.32 Å². The number of nitrogens with two attached hydrogens (primary N) is 1. The molecule has 2 rings (SSSR count). The minimum absolute atomic E-state index is 0.0928. The Balaban J connectivity index is 2.23. The molecule has 4 N–H and O–H groups in total. The number of carbonyl (C=O) groups excluding carboxylic acids is 1. The molecule has 1 amide bonds. The van der Waals surface area contributed by atoms with Gasteiger partial charge in [0, 0.05) is 0 Å². The number of aryl methyl sites for hydroxylation is 1. The Morgan fingerprint density at radius 1 is 1.40 bits per heavy atom. The summed E-state index contributed by atoms with van der Waals surface area (Å²) < 4.78 is 5.09. The van der Waals surface area contributed by atoms with Crippen molar-refractivity contribution in [3.8, 4) is 0 Å². The number of benzene rings is 1. The fourth-order valence-corrected chi connectivity index (χ4v) is 1.81. The average molecular weight is 273 g/mol. The van der Waals surface area contributed by atoms with Crippen LogP contribution in [0.1, 0.15) is 27.7 Å². The lowest BCUT2D eigenvalue weighted by Crippen LogP contribution is -2.37. The molecule has 0 saturated carbocycles. The van der Waals surface area contributed by atoms with Crippen LogP contribution in [0.3, 0.4) is 0 Å². The Morgan fingerprint density at radius 2 is 2.10 bits per heavy atom. The number of amides is 1. The predicted octanol–water partition coefficient (Wildman–Crippen LogP) is 1.81. The molecule has 104 valence electrons. The van der Waals surface area contributed by atoms with E-state index >= 15 is 0 Å². The maximum atomic E-state index is 12.1. The number of amidine groups is 1. The van der Waals surface area contributed by atoms with E-state index in [0.29, 0.717) is 11.3 Å². The van der Waals surface area contributed by atoms with Crippen molar-refractivity contribution in [2.75, 3.05) is 0 Å². The molecule has 0 aliphatic carbocycles. The molecular weight excluding hydrogens is 258 g/mol. The predicted molar refractivity (Wildman–Crippen MR) is 73.5 cm³/mol. The zero-order chi connectivity index (χ0) is 14.5. The highest BCUT2D eigenvalue weighted by molar-refractivity contribution is 5.98. The first-order valence-corrected chi connectivity index (χ1v) is 6.00. The van der Waals surface area contributed by atoms with E-state index in [4.69, 9.17) is 15.4 Å². The van der Waals surface area contributed by atoms with Gasteiger partial charge in [0.15, 0.2) is 5.84 Å². The van der Waals surface area contributed by atoms with Crippen molar-refractivity contribution in [3.63, 3.8) is 0 Å². The van der Waals surface area contributed by atoms with Gasteiger partial charge in [-0.3, -0.25) is 4.79 Å². The highest BCUT2D eigenvalue weighted by Gasteiger charge is 2.20. The number of nitrogens with zero attached hydrogens (tertiary/aromatic N) is 1. The lowest BCUT2D eigenvalue weighted by molar-refractivity contribution is 0.0945. The van der Waals surface area contributed by atoms with Crippen LogP contribution in [0.15, 0.2) is 52.2 Å². The van der Waals surface area contributed by atoms with Gasteiger partial charge in [0.25, 0.3) is 5.91 Å². The highest BCUT2D eigenvalue weighted by atomic mass is 16.4. The first-order chi connectivity index (χ1) is 9.61. The summed E-state index contributed by atoms with van der Waals surface area (Å²) in [4.78, 5) is 12.1. The SMILES string of the molecule is Cc1cc(C(=O)NC(/C(N)=N/O)c2ccccc2)co1. The quantitative estimate of drug-likeness (QED) is 0.342. The van der Waals surface area contributed by atoms with E-state index < -0.39 is 6.04 Å². The van der Waals surface area contributed by atoms with Crippen LogP contribution in [0.4, 0.5) is 0 Å². The second kappa shape index (κ2) is 5.92. The van der Waals surface area contributed by atoms with Crippen LogP contribution in [0.25, 0.3) is 0 Å². The van der Waals surface area contributed by atoms with Crippen molar-refractivity contribution in [2.45, 2.75) is 13.0 Å². The molecule has 0 fully saturated rings. The molecule has 0 bridgehead atoms. The zero-order valence-electron chi connectivity index (χ0n) is 10.9. The molecule has 0 radical (unpaired) electrons. The van der Waals surface area contributed by atoms with Crippen LogP contribution < -0.4 is 11.1 Å². The van der Waals surface area contributed by atoms with Crippen molar-refractivity contribution in [2.24, 2.45) is 10.9 Å². The van der Waals surface area contributed by atoms with Gasteiger partial charge >= 0.3 is 0 Å². The second-order valence-corrected chi connectivity index (χ2v) is 4.29. The van der Waals surface area contributed by atoms with E-state index in [2.05, 4.69) is 10.5 Å². The average Bonchev–Trinajstić information content (AvgIpc) is 2.91. The van der Waals surface area contributed by atoms with Gasteiger partial charge in [-0.1, -0.05) is 35.5 Å². The number of furan rings is 1. The summed E-state index contributed by atoms with van der Waals surface area (Å²) in [5.41, 5.74) is 6.75. The van der Waals surface area contributed by atoms with E-state index in [9.17, 15) is 4.79 Å². The fraction of sp³-hybridized carbons (Fsp3) is 0.143. The van der Waals surface area contributed by atoms with E-state index in [0.717, 1.165) is 5.56 Å². The summed E-state index contributed by atoms with van der Waals surface area (Å²) in [6.45, 7) is 1.75. The molecule has 0 aliphatic heterocycles. The van der Waals surface area contributed by atoms with Gasteiger partial charge in [-0.25, -0.2) is 0 Å². The number of oxime groups is 1. The minimum Gasteiger partial charge on any atom is -0.469 e. The van der Waals surface area contributed by atoms with Crippen LogP contribution >= 0.6 is 0 Å². The fourth-order valence-electron chi connectivity index (χ4n) is 1.81. The standard InChI is InChI=1S/C14H15N3O3/c1-9-7-11(8-20-9)14(18)16-12(13(15)17-19)10-5-3-2-4-6-10/h2-8,12,19H,1H3,(H2,15,17)(H,16,18). The Labute approximate surface area is 115 Å². The van der Waals surface area contributed by atoms with Gasteiger partial charge in [-0.2, -0.15) is 0 Å². The first-order valence-electron chi connectivity index (χ1n) is 6.00. The monoisotopic (exact) mass is 273 g/mol. The molecule has 1 heterocycles. The van der Waals surface area contributed by atoms with E-state index in [1.165, 1.54) is 6.26 Å². The summed E-state index contributed by atoms with van der Waals surface area (Å²) in [6, 6.07) is 9.93. The molecule has 0 spiro atoms. The summed E-state index contributed by atoms with van der Waals surface area (Å²) in [6.07, 6.45) is 1.36. The smallest absolute Gasteiger partial charge is 0.255 e. The third-order valence-electron chi connectivity index (χ3n) is 2.81.